The van der Waals surface area contributed by atoms with Crippen LogP contribution in [0.2, 0.25) is 0 Å². The van der Waals surface area contributed by atoms with Gasteiger partial charge in [-0.1, -0.05) is 59.8 Å². The second-order valence-corrected chi connectivity index (χ2v) is 14.4. The van der Waals surface area contributed by atoms with Crippen molar-refractivity contribution in [2.45, 2.75) is 62.7 Å². The number of H-pyrrole nitrogens is 2. The van der Waals surface area contributed by atoms with Crippen LogP contribution in [0, 0.1) is 13.8 Å². The Morgan fingerprint density at radius 2 is 1.38 bits per heavy atom. The number of aliphatic hydroxyl groups excluding tert-OH is 1. The lowest BCUT2D eigenvalue weighted by Gasteiger charge is -2.42. The second kappa shape index (κ2) is 15.2. The summed E-state index contributed by atoms with van der Waals surface area (Å²) in [7, 11) is 3.17. The minimum absolute atomic E-state index is 0.0130. The van der Waals surface area contributed by atoms with Crippen LogP contribution in [0.1, 0.15) is 39.7 Å². The Labute approximate surface area is 330 Å². The molecule has 3 aromatic carbocycles. The molecule has 2 fully saturated rings. The van der Waals surface area contributed by atoms with Gasteiger partial charge in [0, 0.05) is 23.5 Å². The van der Waals surface area contributed by atoms with Crippen molar-refractivity contribution in [3.63, 3.8) is 0 Å². The molecule has 2 aliphatic rings. The molecule has 2 saturated heterocycles. The van der Waals surface area contributed by atoms with Crippen molar-refractivity contribution in [2.24, 2.45) is 0 Å². The standard InChI is InChI=1S/C41H41N7O10/c1-24-18-46(38(52)42-35(24)50)20-29-21-47(45-44-29)22-32-40(34(49)33(57-32)37(58-40)48-19-25(2)36(51)43-39(48)53)23-56-41(26-8-6-5-7-9-26,27-10-14-30(54-3)15-11-27)28-12-16-31(55-4)17-13-28/h5-19,21,32-34,37,49H,20,22-23H2,1-4H3,(H,42,50,52)(H,43,51,53)/t32-,33-,34+,37-,40+/m1/s1. The van der Waals surface area contributed by atoms with Crippen molar-refractivity contribution in [3.8, 4) is 11.5 Å². The van der Waals surface area contributed by atoms with Crippen molar-refractivity contribution in [2.75, 3.05) is 20.8 Å². The van der Waals surface area contributed by atoms with Gasteiger partial charge in [0.05, 0.1) is 40.1 Å². The second-order valence-electron chi connectivity index (χ2n) is 14.4. The van der Waals surface area contributed by atoms with Crippen molar-refractivity contribution in [1.29, 1.82) is 0 Å². The van der Waals surface area contributed by atoms with E-state index in [1.54, 1.807) is 34.3 Å². The molecule has 3 aromatic heterocycles. The molecule has 17 nitrogen and oxygen atoms in total. The predicted octanol–water partition coefficient (Wildman–Crippen LogP) is 1.77. The van der Waals surface area contributed by atoms with Crippen LogP contribution < -0.4 is 32.0 Å². The van der Waals surface area contributed by atoms with E-state index in [-0.39, 0.29) is 25.3 Å². The average molecular weight is 792 g/mol. The highest BCUT2D eigenvalue weighted by atomic mass is 16.7. The van der Waals surface area contributed by atoms with Gasteiger partial charge >= 0.3 is 11.4 Å². The lowest BCUT2D eigenvalue weighted by atomic mass is 9.79. The van der Waals surface area contributed by atoms with E-state index in [0.717, 1.165) is 16.7 Å². The lowest BCUT2D eigenvalue weighted by molar-refractivity contribution is -0.239. The maximum absolute atomic E-state index is 13.2. The summed E-state index contributed by atoms with van der Waals surface area (Å²) in [5.74, 6) is 1.27. The van der Waals surface area contributed by atoms with E-state index in [2.05, 4.69) is 20.3 Å². The molecule has 17 heteroatoms. The number of fused-ring (bicyclic) bond motifs is 2. The lowest BCUT2D eigenvalue weighted by Crippen LogP contribution is -2.55. The fourth-order valence-corrected chi connectivity index (χ4v) is 7.78. The van der Waals surface area contributed by atoms with E-state index in [4.69, 9.17) is 23.7 Å². The van der Waals surface area contributed by atoms with Crippen LogP contribution in [0.15, 0.2) is 117 Å². The molecule has 3 N–H and O–H groups in total. The SMILES string of the molecule is COc1ccc(C(OC[C@]23O[C@@H](n4cc(C)c(=O)[nH]c4=O)[C@H](O[C@@H]2Cn2cc(Cn4cc(C)c(=O)[nH]c4=O)nn2)[C@@H]3O)(c2ccccc2)c2ccc(OC)cc2)cc1. The van der Waals surface area contributed by atoms with Gasteiger partial charge in [0.1, 0.15) is 41.1 Å². The number of aromatic nitrogens is 7. The molecule has 0 saturated carbocycles. The van der Waals surface area contributed by atoms with E-state index in [0.29, 0.717) is 22.8 Å². The Hall–Kier alpha value is -6.40. The Bertz CT molecular complexity index is 2620. The summed E-state index contributed by atoms with van der Waals surface area (Å²) in [6.45, 7) is 2.92. The molecule has 300 valence electrons. The number of nitrogens with one attached hydrogen (secondary N) is 2. The number of benzene rings is 3. The van der Waals surface area contributed by atoms with Gasteiger partial charge in [0.15, 0.2) is 11.8 Å². The van der Waals surface area contributed by atoms with E-state index in [1.807, 2.05) is 78.9 Å². The first kappa shape index (κ1) is 38.5. The summed E-state index contributed by atoms with van der Waals surface area (Å²) in [6, 6.07) is 24.6. The van der Waals surface area contributed by atoms with E-state index in [9.17, 15) is 24.3 Å². The minimum atomic E-state index is -1.63. The largest absolute Gasteiger partial charge is 0.497 e. The number of hydrogen-bond donors (Lipinski definition) is 3. The molecule has 6 aromatic rings. The summed E-state index contributed by atoms with van der Waals surface area (Å²) >= 11 is 0. The molecule has 0 amide bonds. The van der Waals surface area contributed by atoms with Gasteiger partial charge < -0.3 is 28.8 Å². The van der Waals surface area contributed by atoms with E-state index >= 15 is 0 Å². The molecule has 5 heterocycles. The van der Waals surface area contributed by atoms with Crippen molar-refractivity contribution in [1.82, 2.24) is 34.1 Å². The number of hydrogen-bond acceptors (Lipinski definition) is 12. The first-order chi connectivity index (χ1) is 27.9. The minimum Gasteiger partial charge on any atom is -0.497 e. The fraction of sp³-hybridized carbons (Fsp3) is 0.317. The molecule has 2 aliphatic heterocycles. The number of nitrogens with zero attached hydrogens (tertiary/aromatic N) is 5. The molecule has 58 heavy (non-hydrogen) atoms. The number of aryl methyl sites for hydroxylation is 2. The van der Waals surface area contributed by atoms with Gasteiger partial charge in [-0.05, 0) is 54.8 Å². The highest BCUT2D eigenvalue weighted by molar-refractivity contribution is 5.50. The monoisotopic (exact) mass is 791 g/mol. The Balaban J connectivity index is 1.21. The summed E-state index contributed by atoms with van der Waals surface area (Å²) in [4.78, 5) is 54.6. The van der Waals surface area contributed by atoms with Crippen LogP contribution in [0.3, 0.4) is 0 Å². The topological polar surface area (TPSA) is 207 Å². The van der Waals surface area contributed by atoms with Gasteiger partial charge in [-0.25, -0.2) is 14.3 Å². The highest BCUT2D eigenvalue weighted by Crippen LogP contribution is 2.51. The maximum Gasteiger partial charge on any atom is 0.330 e. The number of methoxy groups -OCH3 is 2. The van der Waals surface area contributed by atoms with Crippen molar-refractivity contribution < 1.29 is 28.8 Å². The fourth-order valence-electron chi connectivity index (χ4n) is 7.78. The molecule has 2 bridgehead atoms. The smallest absolute Gasteiger partial charge is 0.330 e. The highest BCUT2D eigenvalue weighted by Gasteiger charge is 2.68. The van der Waals surface area contributed by atoms with Crippen LogP contribution >= 0.6 is 0 Å². The van der Waals surface area contributed by atoms with E-state index < -0.39 is 58.2 Å². The molecule has 0 aliphatic carbocycles. The molecular formula is C41H41N7O10. The third-order valence-corrected chi connectivity index (χ3v) is 10.9. The zero-order chi connectivity index (χ0) is 40.8. The van der Waals surface area contributed by atoms with Gasteiger partial charge in [-0.2, -0.15) is 0 Å². The maximum atomic E-state index is 13.2. The molecule has 0 unspecified atom stereocenters. The average Bonchev–Trinajstić information content (AvgIpc) is 3.87. The normalized spacial score (nSPS) is 21.3. The third-order valence-electron chi connectivity index (χ3n) is 10.9. The van der Waals surface area contributed by atoms with Gasteiger partial charge in [0.2, 0.25) is 0 Å². The predicted molar refractivity (Wildman–Crippen MR) is 207 cm³/mol. The van der Waals surface area contributed by atoms with Crippen molar-refractivity contribution >= 4 is 0 Å². The third kappa shape index (κ3) is 6.66. The van der Waals surface area contributed by atoms with Gasteiger partial charge in [0.25, 0.3) is 11.1 Å². The van der Waals surface area contributed by atoms with Gasteiger partial charge in [-0.15, -0.1) is 5.10 Å². The van der Waals surface area contributed by atoms with Crippen LogP contribution in [0.25, 0.3) is 0 Å². The molecule has 0 radical (unpaired) electrons. The molecule has 8 rings (SSSR count). The zero-order valence-electron chi connectivity index (χ0n) is 32.0. The summed E-state index contributed by atoms with van der Waals surface area (Å²) in [5, 5.41) is 20.8. The van der Waals surface area contributed by atoms with Crippen LogP contribution in [-0.4, -0.2) is 83.9 Å². The zero-order valence-corrected chi connectivity index (χ0v) is 32.0. The van der Waals surface area contributed by atoms with Crippen LogP contribution in [-0.2, 0) is 32.9 Å². The Morgan fingerprint density at radius 1 is 0.793 bits per heavy atom. The summed E-state index contributed by atoms with van der Waals surface area (Å²) in [6.07, 6.45) is -0.0357. The van der Waals surface area contributed by atoms with Gasteiger partial charge in [-0.3, -0.25) is 28.7 Å². The first-order valence-corrected chi connectivity index (χ1v) is 18.5. The quantitative estimate of drug-likeness (QED) is 0.143. The van der Waals surface area contributed by atoms with Crippen LogP contribution in [0.4, 0.5) is 0 Å². The summed E-state index contributed by atoms with van der Waals surface area (Å²) in [5.41, 5.74) is -2.03. The Kier molecular flexibility index (Phi) is 10.1. The first-order valence-electron chi connectivity index (χ1n) is 18.5. The molecule has 0 spiro atoms. The summed E-state index contributed by atoms with van der Waals surface area (Å²) < 4.78 is 35.6. The Morgan fingerprint density at radius 3 is 2.00 bits per heavy atom. The molecule has 5 atom stereocenters. The van der Waals surface area contributed by atoms with Crippen LogP contribution in [0.5, 0.6) is 11.5 Å². The number of ether oxygens (including phenoxy) is 5. The number of aliphatic hydroxyl groups is 1. The van der Waals surface area contributed by atoms with Crippen molar-refractivity contribution in [3.05, 3.63) is 173 Å². The van der Waals surface area contributed by atoms with E-state index in [1.165, 1.54) is 26.2 Å². The number of rotatable bonds is 13. The molecular weight excluding hydrogens is 750 g/mol. The number of aromatic amines is 2.